The van der Waals surface area contributed by atoms with Crippen molar-refractivity contribution in [2.24, 2.45) is 10.7 Å². The van der Waals surface area contributed by atoms with E-state index in [1.54, 1.807) is 0 Å². The number of fused-ring (bicyclic) bond motifs is 1. The lowest BCUT2D eigenvalue weighted by molar-refractivity contribution is 0.269. The molecule has 4 heteroatoms. The molecule has 22 heavy (non-hydrogen) atoms. The second-order valence-corrected chi connectivity index (χ2v) is 5.18. The lowest BCUT2D eigenvalue weighted by atomic mass is 10.0. The molecule has 2 aromatic carbocycles. The van der Waals surface area contributed by atoms with Gasteiger partial charge < -0.3 is 15.2 Å². The number of nitrogens with two attached hydrogens (primary N) is 1. The Morgan fingerprint density at radius 2 is 1.86 bits per heavy atom. The lowest BCUT2D eigenvalue weighted by Gasteiger charge is -2.19. The summed E-state index contributed by atoms with van der Waals surface area (Å²) in [7, 11) is 0. The maximum absolute atomic E-state index is 5.98. The zero-order valence-corrected chi connectivity index (χ0v) is 12.7. The highest BCUT2D eigenvalue weighted by Gasteiger charge is 2.17. The summed E-state index contributed by atoms with van der Waals surface area (Å²) in [6, 6.07) is 14.1. The fourth-order valence-corrected chi connectivity index (χ4v) is 2.55. The molecule has 0 atom stereocenters. The van der Waals surface area contributed by atoms with Crippen LogP contribution >= 0.6 is 0 Å². The molecule has 2 N–H and O–H groups in total. The number of rotatable bonds is 5. The van der Waals surface area contributed by atoms with Crippen LogP contribution in [0.3, 0.4) is 0 Å². The van der Waals surface area contributed by atoms with E-state index in [1.165, 1.54) is 5.56 Å². The van der Waals surface area contributed by atoms with Crippen molar-refractivity contribution in [1.29, 1.82) is 0 Å². The molecule has 0 bridgehead atoms. The average Bonchev–Trinajstić information content (AvgIpc) is 2.55. The summed E-state index contributed by atoms with van der Waals surface area (Å²) in [5.74, 6) is 2.06. The number of hydrogen-bond donors (Lipinski definition) is 1. The van der Waals surface area contributed by atoms with Crippen LogP contribution in [0.5, 0.6) is 11.5 Å². The van der Waals surface area contributed by atoms with Crippen LogP contribution in [0.4, 0.5) is 0 Å². The van der Waals surface area contributed by atoms with Gasteiger partial charge in [0, 0.05) is 12.1 Å². The monoisotopic (exact) mass is 296 g/mol. The predicted molar refractivity (Wildman–Crippen MR) is 87.7 cm³/mol. The summed E-state index contributed by atoms with van der Waals surface area (Å²) in [5.41, 5.74) is 9.23. The second-order valence-electron chi connectivity index (χ2n) is 5.18. The molecule has 4 nitrogen and oxygen atoms in total. The van der Waals surface area contributed by atoms with Gasteiger partial charge in [0.05, 0.1) is 6.61 Å². The van der Waals surface area contributed by atoms with Crippen molar-refractivity contribution in [2.45, 2.75) is 20.0 Å². The SMILES string of the molecule is CCOc1cc2c(cc1OCc1ccccc1)CCN=C2N. The number of nitrogens with zero attached hydrogens (tertiary/aromatic N) is 1. The summed E-state index contributed by atoms with van der Waals surface area (Å²) in [6.45, 7) is 3.78. The molecule has 0 amide bonds. The summed E-state index contributed by atoms with van der Waals surface area (Å²) in [6.07, 6.45) is 0.879. The fraction of sp³-hybridized carbons (Fsp3) is 0.278. The topological polar surface area (TPSA) is 56.8 Å². The Hall–Kier alpha value is -2.49. The first-order valence-electron chi connectivity index (χ1n) is 7.54. The van der Waals surface area contributed by atoms with E-state index in [0.717, 1.165) is 35.6 Å². The van der Waals surface area contributed by atoms with Crippen LogP contribution in [0.2, 0.25) is 0 Å². The zero-order chi connectivity index (χ0) is 15.4. The highest BCUT2D eigenvalue weighted by molar-refractivity contribution is 6.00. The van der Waals surface area contributed by atoms with E-state index in [9.17, 15) is 0 Å². The highest BCUT2D eigenvalue weighted by atomic mass is 16.5. The molecule has 0 aliphatic carbocycles. The quantitative estimate of drug-likeness (QED) is 0.923. The van der Waals surface area contributed by atoms with Gasteiger partial charge >= 0.3 is 0 Å². The van der Waals surface area contributed by atoms with Crippen LogP contribution in [0.1, 0.15) is 23.6 Å². The first kappa shape index (κ1) is 14.4. The lowest BCUT2D eigenvalue weighted by Crippen LogP contribution is -2.21. The Bertz CT molecular complexity index is 681. The molecule has 3 rings (SSSR count). The average molecular weight is 296 g/mol. The summed E-state index contributed by atoms with van der Waals surface area (Å²) in [5, 5.41) is 0. The van der Waals surface area contributed by atoms with E-state index >= 15 is 0 Å². The molecule has 0 aromatic heterocycles. The van der Waals surface area contributed by atoms with Crippen LogP contribution in [-0.4, -0.2) is 19.0 Å². The first-order chi connectivity index (χ1) is 10.8. The third-order valence-corrected chi connectivity index (χ3v) is 3.65. The van der Waals surface area contributed by atoms with Gasteiger partial charge in [-0.2, -0.15) is 0 Å². The van der Waals surface area contributed by atoms with Crippen LogP contribution in [0.25, 0.3) is 0 Å². The minimum atomic E-state index is 0.517. The number of ether oxygens (including phenoxy) is 2. The number of amidine groups is 1. The van der Waals surface area contributed by atoms with Crippen molar-refractivity contribution in [1.82, 2.24) is 0 Å². The third kappa shape index (κ3) is 3.06. The normalized spacial score (nSPS) is 13.2. The number of benzene rings is 2. The maximum atomic E-state index is 5.98. The number of aliphatic imine (C=N–C) groups is 1. The minimum absolute atomic E-state index is 0.517. The molecule has 0 spiro atoms. The molecular formula is C18H20N2O2. The zero-order valence-electron chi connectivity index (χ0n) is 12.7. The van der Waals surface area contributed by atoms with Crippen molar-refractivity contribution in [3.8, 4) is 11.5 Å². The van der Waals surface area contributed by atoms with Crippen molar-refractivity contribution in [2.75, 3.05) is 13.2 Å². The molecule has 114 valence electrons. The van der Waals surface area contributed by atoms with Gasteiger partial charge in [0.1, 0.15) is 12.4 Å². The van der Waals surface area contributed by atoms with Gasteiger partial charge in [-0.3, -0.25) is 4.99 Å². The van der Waals surface area contributed by atoms with E-state index < -0.39 is 0 Å². The van der Waals surface area contributed by atoms with E-state index in [4.69, 9.17) is 15.2 Å². The summed E-state index contributed by atoms with van der Waals surface area (Å²) < 4.78 is 11.7. The van der Waals surface area contributed by atoms with Crippen molar-refractivity contribution in [3.63, 3.8) is 0 Å². The Morgan fingerprint density at radius 1 is 1.09 bits per heavy atom. The smallest absolute Gasteiger partial charge is 0.162 e. The summed E-state index contributed by atoms with van der Waals surface area (Å²) >= 11 is 0. The Balaban J connectivity index is 1.87. The van der Waals surface area contributed by atoms with Gasteiger partial charge in [-0.25, -0.2) is 0 Å². The molecular weight excluding hydrogens is 276 g/mol. The molecule has 1 aliphatic rings. The van der Waals surface area contributed by atoms with Crippen LogP contribution < -0.4 is 15.2 Å². The molecule has 1 aliphatic heterocycles. The van der Waals surface area contributed by atoms with Gasteiger partial charge in [0.15, 0.2) is 11.5 Å². The Morgan fingerprint density at radius 3 is 2.64 bits per heavy atom. The Labute approximate surface area is 130 Å². The minimum Gasteiger partial charge on any atom is -0.490 e. The standard InChI is InChI=1S/C18H20N2O2/c1-2-21-17-11-15-14(8-9-20-18(15)19)10-16(17)22-12-13-6-4-3-5-7-13/h3-7,10-11H,2,8-9,12H2,1H3,(H2,19,20). The van der Waals surface area contributed by atoms with E-state index in [-0.39, 0.29) is 0 Å². The fourth-order valence-electron chi connectivity index (χ4n) is 2.55. The second kappa shape index (κ2) is 6.52. The predicted octanol–water partition coefficient (Wildman–Crippen LogP) is 2.93. The molecule has 0 saturated carbocycles. The highest BCUT2D eigenvalue weighted by Crippen LogP contribution is 2.33. The van der Waals surface area contributed by atoms with Crippen molar-refractivity contribution >= 4 is 5.84 Å². The van der Waals surface area contributed by atoms with E-state index in [1.807, 2.05) is 49.4 Å². The number of hydrogen-bond acceptors (Lipinski definition) is 4. The molecule has 0 radical (unpaired) electrons. The van der Waals surface area contributed by atoms with Crippen molar-refractivity contribution < 1.29 is 9.47 Å². The van der Waals surface area contributed by atoms with Crippen LogP contribution in [0, 0.1) is 0 Å². The van der Waals surface area contributed by atoms with Crippen molar-refractivity contribution in [3.05, 3.63) is 59.2 Å². The molecule has 0 unspecified atom stereocenters. The van der Waals surface area contributed by atoms with Gasteiger partial charge in [-0.05, 0) is 36.6 Å². The largest absolute Gasteiger partial charge is 0.490 e. The molecule has 2 aromatic rings. The summed E-state index contributed by atoms with van der Waals surface area (Å²) in [4.78, 5) is 4.29. The van der Waals surface area contributed by atoms with Crippen LogP contribution in [0.15, 0.2) is 47.5 Å². The van der Waals surface area contributed by atoms with Gasteiger partial charge in [-0.15, -0.1) is 0 Å². The van der Waals surface area contributed by atoms with Crippen LogP contribution in [-0.2, 0) is 13.0 Å². The first-order valence-corrected chi connectivity index (χ1v) is 7.54. The molecule has 0 saturated heterocycles. The maximum Gasteiger partial charge on any atom is 0.162 e. The van der Waals surface area contributed by atoms with E-state index in [2.05, 4.69) is 4.99 Å². The van der Waals surface area contributed by atoms with Gasteiger partial charge in [0.25, 0.3) is 0 Å². The van der Waals surface area contributed by atoms with E-state index in [0.29, 0.717) is 19.0 Å². The third-order valence-electron chi connectivity index (χ3n) is 3.65. The Kier molecular flexibility index (Phi) is 4.28. The van der Waals surface area contributed by atoms with Gasteiger partial charge in [0.2, 0.25) is 0 Å². The van der Waals surface area contributed by atoms with Gasteiger partial charge in [-0.1, -0.05) is 30.3 Å². The molecule has 1 heterocycles. The molecule has 0 fully saturated rings.